The molecule has 7 heteroatoms. The van der Waals surface area contributed by atoms with E-state index in [9.17, 15) is 20.2 Å². The minimum atomic E-state index is -0.628. The number of nitrogens with zero attached hydrogens (tertiary/aromatic N) is 2. The van der Waals surface area contributed by atoms with Gasteiger partial charge in [-0.05, 0) is 24.9 Å². The Balaban J connectivity index is 2.00. The Morgan fingerprint density at radius 1 is 1.21 bits per heavy atom. The number of benzene rings is 1. The van der Waals surface area contributed by atoms with Crippen LogP contribution in [0.3, 0.4) is 0 Å². The summed E-state index contributed by atoms with van der Waals surface area (Å²) in [5.41, 5.74) is 0.0212. The zero-order valence-electron chi connectivity index (χ0n) is 10.4. The van der Waals surface area contributed by atoms with Gasteiger partial charge < -0.3 is 5.32 Å². The van der Waals surface area contributed by atoms with Crippen LogP contribution in [0.15, 0.2) is 18.2 Å². The molecule has 1 fully saturated rings. The molecule has 1 saturated carbocycles. The quantitative estimate of drug-likeness (QED) is 0.463. The SMILES string of the molecule is O=[N+]([O-])c1ccc(CNCCC2CC2)c([N+](=O)[O-])c1. The Hall–Kier alpha value is -2.02. The van der Waals surface area contributed by atoms with Gasteiger partial charge in [0.15, 0.2) is 0 Å². The Labute approximate surface area is 109 Å². The van der Waals surface area contributed by atoms with Crippen LogP contribution in [0.4, 0.5) is 11.4 Å². The van der Waals surface area contributed by atoms with Crippen LogP contribution in [0.25, 0.3) is 0 Å². The predicted octanol–water partition coefficient (Wildman–Crippen LogP) is 2.39. The molecule has 0 atom stereocenters. The van der Waals surface area contributed by atoms with Gasteiger partial charge in [0.05, 0.1) is 15.9 Å². The van der Waals surface area contributed by atoms with E-state index in [1.807, 2.05) is 0 Å². The zero-order chi connectivity index (χ0) is 13.8. The lowest BCUT2D eigenvalue weighted by atomic mass is 10.1. The fourth-order valence-electron chi connectivity index (χ4n) is 1.92. The Bertz CT molecular complexity index is 500. The fraction of sp³-hybridized carbons (Fsp3) is 0.500. The van der Waals surface area contributed by atoms with Crippen LogP contribution >= 0.6 is 0 Å². The molecule has 0 heterocycles. The third-order valence-corrected chi connectivity index (χ3v) is 3.22. The zero-order valence-corrected chi connectivity index (χ0v) is 10.4. The molecule has 0 aliphatic heterocycles. The maximum absolute atomic E-state index is 10.9. The molecule has 0 spiro atoms. The summed E-state index contributed by atoms with van der Waals surface area (Å²) >= 11 is 0. The fourth-order valence-corrected chi connectivity index (χ4v) is 1.92. The first-order valence-electron chi connectivity index (χ1n) is 6.20. The third kappa shape index (κ3) is 3.72. The number of nitro groups is 2. The minimum Gasteiger partial charge on any atom is -0.312 e. The van der Waals surface area contributed by atoms with Crippen molar-refractivity contribution in [1.82, 2.24) is 5.32 Å². The number of hydrogen-bond donors (Lipinski definition) is 1. The van der Waals surface area contributed by atoms with Gasteiger partial charge in [-0.2, -0.15) is 0 Å². The monoisotopic (exact) mass is 265 g/mol. The van der Waals surface area contributed by atoms with Crippen molar-refractivity contribution in [2.45, 2.75) is 25.8 Å². The van der Waals surface area contributed by atoms with Crippen LogP contribution in [0.1, 0.15) is 24.8 Å². The highest BCUT2D eigenvalue weighted by Gasteiger charge is 2.21. The van der Waals surface area contributed by atoms with Crippen LogP contribution in [0.2, 0.25) is 0 Å². The highest BCUT2D eigenvalue weighted by molar-refractivity contribution is 5.49. The Kier molecular flexibility index (Phi) is 4.06. The van der Waals surface area contributed by atoms with E-state index >= 15 is 0 Å². The van der Waals surface area contributed by atoms with E-state index in [1.54, 1.807) is 0 Å². The summed E-state index contributed by atoms with van der Waals surface area (Å²) in [6.07, 6.45) is 3.64. The van der Waals surface area contributed by atoms with Gasteiger partial charge in [0.25, 0.3) is 11.4 Å². The lowest BCUT2D eigenvalue weighted by Crippen LogP contribution is -2.16. The van der Waals surface area contributed by atoms with E-state index in [-0.39, 0.29) is 11.4 Å². The molecule has 0 radical (unpaired) electrons. The normalized spacial score (nSPS) is 14.3. The molecule has 102 valence electrons. The summed E-state index contributed by atoms with van der Waals surface area (Å²) in [5.74, 6) is 0.805. The number of rotatable bonds is 7. The first-order valence-corrected chi connectivity index (χ1v) is 6.20. The van der Waals surface area contributed by atoms with Crippen molar-refractivity contribution < 1.29 is 9.85 Å². The summed E-state index contributed by atoms with van der Waals surface area (Å²) in [7, 11) is 0. The van der Waals surface area contributed by atoms with Crippen molar-refractivity contribution >= 4 is 11.4 Å². The molecule has 1 aromatic carbocycles. The largest absolute Gasteiger partial charge is 0.312 e. The molecule has 19 heavy (non-hydrogen) atoms. The van der Waals surface area contributed by atoms with Crippen molar-refractivity contribution in [1.29, 1.82) is 0 Å². The molecule has 0 bridgehead atoms. The molecule has 7 nitrogen and oxygen atoms in total. The molecular weight excluding hydrogens is 250 g/mol. The smallest absolute Gasteiger partial charge is 0.280 e. The van der Waals surface area contributed by atoms with Crippen LogP contribution in [-0.2, 0) is 6.54 Å². The Morgan fingerprint density at radius 3 is 2.53 bits per heavy atom. The molecule has 0 unspecified atom stereocenters. The average molecular weight is 265 g/mol. The molecule has 1 N–H and O–H groups in total. The van der Waals surface area contributed by atoms with Crippen LogP contribution in [-0.4, -0.2) is 16.4 Å². The standard InChI is InChI=1S/C12H15N3O4/c16-14(17)11-4-3-10(12(7-11)15(18)19)8-13-6-5-9-1-2-9/h3-4,7,9,13H,1-2,5-6,8H2. The van der Waals surface area contributed by atoms with Crippen LogP contribution < -0.4 is 5.32 Å². The second kappa shape index (κ2) is 5.75. The second-order valence-corrected chi connectivity index (χ2v) is 4.74. The van der Waals surface area contributed by atoms with Crippen molar-refractivity contribution in [3.05, 3.63) is 44.0 Å². The predicted molar refractivity (Wildman–Crippen MR) is 68.8 cm³/mol. The molecule has 1 aliphatic rings. The second-order valence-electron chi connectivity index (χ2n) is 4.74. The maximum Gasteiger partial charge on any atom is 0.280 e. The van der Waals surface area contributed by atoms with Gasteiger partial charge >= 0.3 is 0 Å². The van der Waals surface area contributed by atoms with E-state index < -0.39 is 9.85 Å². The summed E-state index contributed by atoms with van der Waals surface area (Å²) in [4.78, 5) is 20.3. The van der Waals surface area contributed by atoms with Gasteiger partial charge in [-0.1, -0.05) is 12.8 Å². The van der Waals surface area contributed by atoms with Crippen LogP contribution in [0.5, 0.6) is 0 Å². The number of nitrogens with one attached hydrogen (secondary N) is 1. The lowest BCUT2D eigenvalue weighted by Gasteiger charge is -2.05. The van der Waals surface area contributed by atoms with Gasteiger partial charge in [-0.3, -0.25) is 20.2 Å². The van der Waals surface area contributed by atoms with E-state index in [2.05, 4.69) is 5.32 Å². The minimum absolute atomic E-state index is 0.201. The Morgan fingerprint density at radius 2 is 1.95 bits per heavy atom. The van der Waals surface area contributed by atoms with Crippen LogP contribution in [0, 0.1) is 26.1 Å². The van der Waals surface area contributed by atoms with E-state index in [1.165, 1.54) is 25.0 Å². The van der Waals surface area contributed by atoms with Gasteiger partial charge in [0.1, 0.15) is 0 Å². The third-order valence-electron chi connectivity index (χ3n) is 3.22. The topological polar surface area (TPSA) is 98.3 Å². The van der Waals surface area contributed by atoms with Gasteiger partial charge in [-0.25, -0.2) is 0 Å². The van der Waals surface area contributed by atoms with Gasteiger partial charge in [-0.15, -0.1) is 0 Å². The average Bonchev–Trinajstić information content (AvgIpc) is 3.18. The lowest BCUT2D eigenvalue weighted by molar-refractivity contribution is -0.394. The highest BCUT2D eigenvalue weighted by Crippen LogP contribution is 2.31. The summed E-state index contributed by atoms with van der Waals surface area (Å²) in [6.45, 7) is 1.18. The highest BCUT2D eigenvalue weighted by atomic mass is 16.6. The van der Waals surface area contributed by atoms with Crippen molar-refractivity contribution in [3.8, 4) is 0 Å². The first kappa shape index (κ1) is 13.4. The summed E-state index contributed by atoms with van der Waals surface area (Å²) in [5, 5.41) is 24.6. The molecule has 2 rings (SSSR count). The first-order chi connectivity index (χ1) is 9.08. The van der Waals surface area contributed by atoms with Crippen molar-refractivity contribution in [2.75, 3.05) is 6.54 Å². The maximum atomic E-state index is 10.9. The van der Waals surface area contributed by atoms with Crippen molar-refractivity contribution in [3.63, 3.8) is 0 Å². The summed E-state index contributed by atoms with van der Waals surface area (Å²) in [6, 6.07) is 3.75. The molecule has 0 aromatic heterocycles. The van der Waals surface area contributed by atoms with E-state index in [0.717, 1.165) is 24.9 Å². The molecule has 1 aliphatic carbocycles. The number of nitro benzene ring substituents is 2. The summed E-state index contributed by atoms with van der Waals surface area (Å²) < 4.78 is 0. The number of non-ortho nitro benzene ring substituents is 1. The molecular formula is C12H15N3O4. The van der Waals surface area contributed by atoms with E-state index in [4.69, 9.17) is 0 Å². The van der Waals surface area contributed by atoms with Gasteiger partial charge in [0.2, 0.25) is 0 Å². The molecule has 0 amide bonds. The number of hydrogen-bond acceptors (Lipinski definition) is 5. The van der Waals surface area contributed by atoms with Crippen molar-refractivity contribution in [2.24, 2.45) is 5.92 Å². The molecule has 1 aromatic rings. The van der Waals surface area contributed by atoms with E-state index in [0.29, 0.717) is 12.1 Å². The molecule has 0 saturated heterocycles. The van der Waals surface area contributed by atoms with Gasteiger partial charge in [0, 0.05) is 18.2 Å².